The number of aromatic nitrogens is 1. The van der Waals surface area contributed by atoms with Gasteiger partial charge in [-0.05, 0) is 62.2 Å². The minimum Gasteiger partial charge on any atom is -0.462 e. The topological polar surface area (TPSA) is 80.3 Å². The molecule has 0 atom stereocenters. The first-order chi connectivity index (χ1) is 14.0. The fourth-order valence-corrected chi connectivity index (χ4v) is 2.82. The first-order valence-electron chi connectivity index (χ1n) is 9.35. The van der Waals surface area contributed by atoms with Crippen molar-refractivity contribution >= 4 is 28.9 Å². The van der Waals surface area contributed by atoms with Gasteiger partial charge >= 0.3 is 5.97 Å². The monoisotopic (exact) mass is 389 g/mol. The van der Waals surface area contributed by atoms with Crippen LogP contribution >= 0.6 is 0 Å². The van der Waals surface area contributed by atoms with Gasteiger partial charge in [0.15, 0.2) is 0 Å². The van der Waals surface area contributed by atoms with Gasteiger partial charge in [0.25, 0.3) is 5.91 Å². The fraction of sp³-hybridized carbons (Fsp3) is 0.174. The largest absolute Gasteiger partial charge is 0.462 e. The molecule has 3 aromatic rings. The van der Waals surface area contributed by atoms with Crippen molar-refractivity contribution in [1.29, 1.82) is 0 Å². The van der Waals surface area contributed by atoms with E-state index in [1.165, 1.54) is 0 Å². The molecule has 0 radical (unpaired) electrons. The predicted molar refractivity (Wildman–Crippen MR) is 114 cm³/mol. The quantitative estimate of drug-likeness (QED) is 0.588. The van der Waals surface area contributed by atoms with E-state index >= 15 is 0 Å². The number of carbonyl (C=O) groups excluding carboxylic acids is 2. The highest BCUT2D eigenvalue weighted by Crippen LogP contribution is 2.23. The Morgan fingerprint density at radius 1 is 1.00 bits per heavy atom. The number of amides is 1. The van der Waals surface area contributed by atoms with Crippen LogP contribution in [-0.2, 0) is 4.74 Å². The van der Waals surface area contributed by atoms with Crippen LogP contribution in [0.25, 0.3) is 0 Å². The minimum atomic E-state index is -0.405. The van der Waals surface area contributed by atoms with E-state index in [0.29, 0.717) is 23.5 Å². The number of para-hydroxylation sites is 1. The normalized spacial score (nSPS) is 10.3. The molecule has 1 aromatic heterocycles. The summed E-state index contributed by atoms with van der Waals surface area (Å²) in [5.74, 6) is -0.710. The van der Waals surface area contributed by atoms with Crippen molar-refractivity contribution in [3.63, 3.8) is 0 Å². The minimum absolute atomic E-state index is 0.268. The number of aryl methyl sites for hydroxylation is 2. The van der Waals surface area contributed by atoms with Gasteiger partial charge in [-0.15, -0.1) is 0 Å². The number of nitrogens with one attached hydrogen (secondary N) is 2. The third-order valence-corrected chi connectivity index (χ3v) is 4.34. The average Bonchev–Trinajstić information content (AvgIpc) is 2.71. The molecule has 0 bridgehead atoms. The molecular weight excluding hydrogens is 366 g/mol. The maximum atomic E-state index is 12.7. The molecule has 0 unspecified atom stereocenters. The van der Waals surface area contributed by atoms with Crippen LogP contribution in [0.1, 0.15) is 38.9 Å². The number of ether oxygens (including phenoxy) is 1. The highest BCUT2D eigenvalue weighted by atomic mass is 16.5. The Bertz CT molecular complexity index is 1050. The Morgan fingerprint density at radius 3 is 2.59 bits per heavy atom. The second kappa shape index (κ2) is 9.01. The highest BCUT2D eigenvalue weighted by molar-refractivity contribution is 6.04. The highest BCUT2D eigenvalue weighted by Gasteiger charge is 2.14. The molecule has 3 rings (SSSR count). The lowest BCUT2D eigenvalue weighted by Gasteiger charge is -2.12. The zero-order valence-corrected chi connectivity index (χ0v) is 16.7. The summed E-state index contributed by atoms with van der Waals surface area (Å²) < 4.78 is 5.10. The summed E-state index contributed by atoms with van der Waals surface area (Å²) in [5, 5.41) is 6.07. The number of rotatable bonds is 6. The number of anilines is 3. The van der Waals surface area contributed by atoms with Gasteiger partial charge in [0.05, 0.1) is 17.9 Å². The number of nitrogens with zero attached hydrogens (tertiary/aromatic N) is 1. The number of hydrogen-bond donors (Lipinski definition) is 2. The molecular formula is C23H23N3O3. The predicted octanol–water partition coefficient (Wildman–Crippen LogP) is 4.87. The molecule has 2 N–H and O–H groups in total. The fourth-order valence-electron chi connectivity index (χ4n) is 2.82. The van der Waals surface area contributed by atoms with Crippen LogP contribution in [0.3, 0.4) is 0 Å². The van der Waals surface area contributed by atoms with Gasteiger partial charge in [-0.1, -0.05) is 24.3 Å². The van der Waals surface area contributed by atoms with Gasteiger partial charge in [-0.25, -0.2) is 4.79 Å². The van der Waals surface area contributed by atoms with Crippen molar-refractivity contribution in [2.75, 3.05) is 17.2 Å². The summed E-state index contributed by atoms with van der Waals surface area (Å²) in [7, 11) is 0. The van der Waals surface area contributed by atoms with E-state index < -0.39 is 5.97 Å². The molecule has 0 aliphatic heterocycles. The zero-order chi connectivity index (χ0) is 20.8. The van der Waals surface area contributed by atoms with Gasteiger partial charge < -0.3 is 15.4 Å². The third-order valence-electron chi connectivity index (χ3n) is 4.34. The summed E-state index contributed by atoms with van der Waals surface area (Å²) >= 11 is 0. The van der Waals surface area contributed by atoms with E-state index in [1.807, 2.05) is 38.1 Å². The van der Waals surface area contributed by atoms with Crippen molar-refractivity contribution < 1.29 is 14.3 Å². The summed E-state index contributed by atoms with van der Waals surface area (Å²) in [4.78, 5) is 29.0. The lowest BCUT2D eigenvalue weighted by molar-refractivity contribution is 0.0527. The zero-order valence-electron chi connectivity index (χ0n) is 16.7. The molecule has 0 aliphatic carbocycles. The van der Waals surface area contributed by atoms with Crippen LogP contribution in [0.2, 0.25) is 0 Å². The molecule has 6 nitrogen and oxygen atoms in total. The molecule has 1 heterocycles. The summed E-state index contributed by atoms with van der Waals surface area (Å²) in [6, 6.07) is 16.3. The number of esters is 1. The van der Waals surface area contributed by atoms with Crippen molar-refractivity contribution in [3.05, 3.63) is 83.2 Å². The van der Waals surface area contributed by atoms with Crippen LogP contribution in [0, 0.1) is 13.8 Å². The van der Waals surface area contributed by atoms with E-state index in [0.717, 1.165) is 16.8 Å². The number of carbonyl (C=O) groups is 2. The molecule has 0 saturated heterocycles. The van der Waals surface area contributed by atoms with Crippen molar-refractivity contribution in [2.24, 2.45) is 0 Å². The van der Waals surface area contributed by atoms with Gasteiger partial charge in [0, 0.05) is 17.6 Å². The molecule has 0 spiro atoms. The van der Waals surface area contributed by atoms with Crippen molar-refractivity contribution in [3.8, 4) is 0 Å². The second-order valence-electron chi connectivity index (χ2n) is 6.59. The van der Waals surface area contributed by atoms with E-state index in [2.05, 4.69) is 15.6 Å². The van der Waals surface area contributed by atoms with E-state index in [4.69, 9.17) is 4.74 Å². The van der Waals surface area contributed by atoms with Crippen molar-refractivity contribution in [2.45, 2.75) is 20.8 Å². The lowest BCUT2D eigenvalue weighted by atomic mass is 10.1. The Labute approximate surface area is 169 Å². The maximum Gasteiger partial charge on any atom is 0.340 e. The Balaban J connectivity index is 1.81. The van der Waals surface area contributed by atoms with Crippen LogP contribution in [0.5, 0.6) is 0 Å². The third kappa shape index (κ3) is 4.99. The summed E-state index contributed by atoms with van der Waals surface area (Å²) in [6.45, 7) is 5.97. The van der Waals surface area contributed by atoms with E-state index in [9.17, 15) is 9.59 Å². The van der Waals surface area contributed by atoms with Gasteiger partial charge in [0.1, 0.15) is 5.69 Å². The summed E-state index contributed by atoms with van der Waals surface area (Å²) in [5.41, 5.74) is 4.72. The molecule has 29 heavy (non-hydrogen) atoms. The first-order valence-corrected chi connectivity index (χ1v) is 9.35. The Hall–Kier alpha value is -3.67. The number of benzene rings is 2. The van der Waals surface area contributed by atoms with Crippen molar-refractivity contribution in [1.82, 2.24) is 4.98 Å². The Kier molecular flexibility index (Phi) is 6.24. The van der Waals surface area contributed by atoms with Crippen LogP contribution in [-0.4, -0.2) is 23.5 Å². The number of pyridine rings is 1. The standard InChI is InChI=1S/C23H23N3O3/c1-4-29-23(28)18-7-5-6-8-19(18)25-17-11-12-24-21(14-17)22(27)26-20-13-15(2)9-10-16(20)3/h5-14H,4H2,1-3H3,(H,24,25)(H,26,27). The second-order valence-corrected chi connectivity index (χ2v) is 6.59. The molecule has 6 heteroatoms. The van der Waals surface area contributed by atoms with E-state index in [1.54, 1.807) is 43.5 Å². The van der Waals surface area contributed by atoms with Crippen LogP contribution < -0.4 is 10.6 Å². The first kappa shape index (κ1) is 20.1. The van der Waals surface area contributed by atoms with Crippen LogP contribution in [0.15, 0.2) is 60.8 Å². The van der Waals surface area contributed by atoms with E-state index in [-0.39, 0.29) is 11.6 Å². The van der Waals surface area contributed by atoms with Gasteiger partial charge in [0.2, 0.25) is 0 Å². The molecule has 148 valence electrons. The van der Waals surface area contributed by atoms with Gasteiger partial charge in [-0.3, -0.25) is 9.78 Å². The number of hydrogen-bond acceptors (Lipinski definition) is 5. The Morgan fingerprint density at radius 2 is 1.79 bits per heavy atom. The molecule has 0 fully saturated rings. The van der Waals surface area contributed by atoms with Crippen LogP contribution in [0.4, 0.5) is 17.1 Å². The lowest BCUT2D eigenvalue weighted by Crippen LogP contribution is -2.15. The molecule has 0 saturated carbocycles. The maximum absolute atomic E-state index is 12.7. The SMILES string of the molecule is CCOC(=O)c1ccccc1Nc1ccnc(C(=O)Nc2cc(C)ccc2C)c1. The smallest absolute Gasteiger partial charge is 0.340 e. The molecule has 1 amide bonds. The molecule has 2 aromatic carbocycles. The molecule has 0 aliphatic rings. The average molecular weight is 389 g/mol. The summed E-state index contributed by atoms with van der Waals surface area (Å²) in [6.07, 6.45) is 1.55. The van der Waals surface area contributed by atoms with Gasteiger partial charge in [-0.2, -0.15) is 0 Å².